The molecule has 1 heteroatoms. The molecule has 1 aliphatic carbocycles. The molecule has 1 nitrogen and oxygen atoms in total. The van der Waals surface area contributed by atoms with Crippen molar-refractivity contribution in [2.45, 2.75) is 52.0 Å². The molecule has 0 unspecified atom stereocenters. The van der Waals surface area contributed by atoms with Crippen LogP contribution in [0.25, 0.3) is 0 Å². The Morgan fingerprint density at radius 2 is 1.55 bits per heavy atom. The molecule has 0 aromatic heterocycles. The molecule has 0 bridgehead atoms. The Balaban J connectivity index is 2.39. The van der Waals surface area contributed by atoms with E-state index in [1.54, 1.807) is 0 Å². The molecule has 1 saturated carbocycles. The molecule has 0 amide bonds. The van der Waals surface area contributed by atoms with E-state index in [1.165, 1.54) is 25.7 Å². The van der Waals surface area contributed by atoms with E-state index >= 15 is 0 Å². The van der Waals surface area contributed by atoms with E-state index in [4.69, 9.17) is 0 Å². The molecule has 0 heterocycles. The van der Waals surface area contributed by atoms with Crippen molar-refractivity contribution in [3.8, 4) is 0 Å². The quantitative estimate of drug-likeness (QED) is 0.600. The van der Waals surface area contributed by atoms with E-state index in [0.29, 0.717) is 5.54 Å². The maximum absolute atomic E-state index is 4.22. The lowest BCUT2D eigenvalue weighted by Gasteiger charge is -2.33. The van der Waals surface area contributed by atoms with Crippen molar-refractivity contribution in [1.29, 1.82) is 0 Å². The molecule has 11 heavy (non-hydrogen) atoms. The minimum Gasteiger partial charge on any atom is -0.353 e. The third kappa shape index (κ3) is 2.48. The molecule has 66 valence electrons. The monoisotopic (exact) mass is 156 g/mol. The molecule has 0 aromatic rings. The lowest BCUT2D eigenvalue weighted by molar-refractivity contribution is -0.482. The highest BCUT2D eigenvalue weighted by Crippen LogP contribution is 2.32. The van der Waals surface area contributed by atoms with Crippen LogP contribution in [-0.2, 0) is 0 Å². The van der Waals surface area contributed by atoms with Gasteiger partial charge in [-0.25, -0.2) is 0 Å². The van der Waals surface area contributed by atoms with Gasteiger partial charge < -0.3 is 5.73 Å². The fraction of sp³-hybridized carbons (Fsp3) is 1.00. The predicted octanol–water partition coefficient (Wildman–Crippen LogP) is 1.83. The molecule has 0 aromatic carbocycles. The second kappa shape index (κ2) is 3.14. The number of hydrogen-bond donors (Lipinski definition) is 1. The third-order valence-corrected chi connectivity index (χ3v) is 3.12. The topological polar surface area (TPSA) is 27.6 Å². The number of hydrogen-bond acceptors (Lipinski definition) is 0. The van der Waals surface area contributed by atoms with Crippen LogP contribution >= 0.6 is 0 Å². The second-order valence-corrected chi connectivity index (χ2v) is 4.95. The average molecular weight is 156 g/mol. The minimum absolute atomic E-state index is 0.306. The Labute approximate surface area is 70.4 Å². The van der Waals surface area contributed by atoms with Crippen LogP contribution in [0, 0.1) is 11.8 Å². The number of quaternary nitrogens is 1. The van der Waals surface area contributed by atoms with Crippen molar-refractivity contribution in [2.75, 3.05) is 0 Å². The molecule has 3 N–H and O–H groups in total. The first kappa shape index (κ1) is 9.05. The Morgan fingerprint density at radius 1 is 1.09 bits per heavy atom. The highest BCUT2D eigenvalue weighted by atomic mass is 14.7. The van der Waals surface area contributed by atoms with Gasteiger partial charge >= 0.3 is 0 Å². The Morgan fingerprint density at radius 3 is 1.91 bits per heavy atom. The summed E-state index contributed by atoms with van der Waals surface area (Å²) in [6.45, 7) is 6.91. The SMILES string of the molecule is CC1CCC(C(C)(C)[NH3+])CC1. The zero-order valence-corrected chi connectivity index (χ0v) is 8.19. The zero-order valence-electron chi connectivity index (χ0n) is 8.19. The van der Waals surface area contributed by atoms with Crippen LogP contribution in [0.5, 0.6) is 0 Å². The van der Waals surface area contributed by atoms with E-state index in [-0.39, 0.29) is 0 Å². The summed E-state index contributed by atoms with van der Waals surface area (Å²) in [7, 11) is 0. The van der Waals surface area contributed by atoms with Gasteiger partial charge in [0.25, 0.3) is 0 Å². The maximum atomic E-state index is 4.22. The average Bonchev–Trinajstić information content (AvgIpc) is 1.86. The van der Waals surface area contributed by atoms with Crippen molar-refractivity contribution < 1.29 is 5.73 Å². The van der Waals surface area contributed by atoms with Gasteiger partial charge in [0.05, 0.1) is 5.54 Å². The molecule has 1 aliphatic rings. The number of rotatable bonds is 1. The van der Waals surface area contributed by atoms with Crippen LogP contribution in [0.1, 0.15) is 46.5 Å². The van der Waals surface area contributed by atoms with Crippen molar-refractivity contribution >= 4 is 0 Å². The largest absolute Gasteiger partial charge is 0.353 e. The molecular weight excluding hydrogens is 134 g/mol. The molecule has 0 spiro atoms. The lowest BCUT2D eigenvalue weighted by atomic mass is 9.74. The molecular formula is C10H22N+. The summed E-state index contributed by atoms with van der Waals surface area (Å²) in [5.41, 5.74) is 4.52. The van der Waals surface area contributed by atoms with Crippen LogP contribution in [0.15, 0.2) is 0 Å². The van der Waals surface area contributed by atoms with Crippen molar-refractivity contribution in [3.63, 3.8) is 0 Å². The molecule has 0 atom stereocenters. The summed E-state index contributed by atoms with van der Waals surface area (Å²) in [4.78, 5) is 0. The highest BCUT2D eigenvalue weighted by Gasteiger charge is 2.31. The van der Waals surface area contributed by atoms with E-state index in [2.05, 4.69) is 26.5 Å². The first-order valence-electron chi connectivity index (χ1n) is 4.85. The second-order valence-electron chi connectivity index (χ2n) is 4.95. The summed E-state index contributed by atoms with van der Waals surface area (Å²) in [6.07, 6.45) is 5.64. The van der Waals surface area contributed by atoms with E-state index in [0.717, 1.165) is 11.8 Å². The molecule has 1 fully saturated rings. The standard InChI is InChI=1S/C10H21N/c1-8-4-6-9(7-5-8)10(2,3)11/h8-9H,4-7,11H2,1-3H3/p+1. The highest BCUT2D eigenvalue weighted by molar-refractivity contribution is 4.80. The van der Waals surface area contributed by atoms with Crippen LogP contribution in [0.4, 0.5) is 0 Å². The van der Waals surface area contributed by atoms with Gasteiger partial charge in [-0.2, -0.15) is 0 Å². The fourth-order valence-corrected chi connectivity index (χ4v) is 2.04. The molecule has 0 radical (unpaired) electrons. The Kier molecular flexibility index (Phi) is 2.58. The van der Waals surface area contributed by atoms with Crippen LogP contribution in [0.3, 0.4) is 0 Å². The van der Waals surface area contributed by atoms with Crippen LogP contribution in [0.2, 0.25) is 0 Å². The summed E-state index contributed by atoms with van der Waals surface area (Å²) in [6, 6.07) is 0. The molecule has 0 aliphatic heterocycles. The van der Waals surface area contributed by atoms with Gasteiger partial charge in [-0.3, -0.25) is 0 Å². The van der Waals surface area contributed by atoms with Gasteiger partial charge in [-0.05, 0) is 32.6 Å². The minimum atomic E-state index is 0.306. The van der Waals surface area contributed by atoms with Gasteiger partial charge in [0.15, 0.2) is 0 Å². The Bertz CT molecular complexity index is 115. The van der Waals surface area contributed by atoms with Crippen LogP contribution < -0.4 is 5.73 Å². The first-order chi connectivity index (χ1) is 5.00. The van der Waals surface area contributed by atoms with Crippen LogP contribution in [-0.4, -0.2) is 5.54 Å². The summed E-state index contributed by atoms with van der Waals surface area (Å²) in [5, 5.41) is 0. The Hall–Kier alpha value is -0.0400. The molecule has 1 rings (SSSR count). The fourth-order valence-electron chi connectivity index (χ4n) is 2.04. The van der Waals surface area contributed by atoms with E-state index < -0.39 is 0 Å². The predicted molar refractivity (Wildman–Crippen MR) is 48.1 cm³/mol. The van der Waals surface area contributed by atoms with Gasteiger partial charge in [0.1, 0.15) is 0 Å². The normalized spacial score (nSPS) is 33.8. The van der Waals surface area contributed by atoms with Gasteiger partial charge in [-0.1, -0.05) is 19.8 Å². The van der Waals surface area contributed by atoms with E-state index in [1.807, 2.05) is 0 Å². The summed E-state index contributed by atoms with van der Waals surface area (Å²) >= 11 is 0. The smallest absolute Gasteiger partial charge is 0.0917 e. The third-order valence-electron chi connectivity index (χ3n) is 3.12. The summed E-state index contributed by atoms with van der Waals surface area (Å²) in [5.74, 6) is 1.84. The van der Waals surface area contributed by atoms with Gasteiger partial charge in [0.2, 0.25) is 0 Å². The van der Waals surface area contributed by atoms with E-state index in [9.17, 15) is 0 Å². The van der Waals surface area contributed by atoms with Gasteiger partial charge in [0, 0.05) is 5.92 Å². The van der Waals surface area contributed by atoms with Gasteiger partial charge in [-0.15, -0.1) is 0 Å². The van der Waals surface area contributed by atoms with Crippen molar-refractivity contribution in [3.05, 3.63) is 0 Å². The lowest BCUT2D eigenvalue weighted by Crippen LogP contribution is -2.72. The summed E-state index contributed by atoms with van der Waals surface area (Å²) < 4.78 is 0. The van der Waals surface area contributed by atoms with Crippen molar-refractivity contribution in [1.82, 2.24) is 0 Å². The first-order valence-corrected chi connectivity index (χ1v) is 4.85. The maximum Gasteiger partial charge on any atom is 0.0917 e. The molecule has 0 saturated heterocycles. The van der Waals surface area contributed by atoms with Crippen molar-refractivity contribution in [2.24, 2.45) is 11.8 Å². The zero-order chi connectivity index (χ0) is 8.48.